The number of carbonyl (C=O) groups excluding carboxylic acids is 3. The van der Waals surface area contributed by atoms with Crippen LogP contribution in [-0.4, -0.2) is 35.5 Å². The van der Waals surface area contributed by atoms with Crippen LogP contribution in [0.1, 0.15) is 23.9 Å². The van der Waals surface area contributed by atoms with E-state index in [2.05, 4.69) is 16.0 Å². The third-order valence-corrected chi connectivity index (χ3v) is 3.40. The molecule has 0 aliphatic carbocycles. The van der Waals surface area contributed by atoms with Crippen molar-refractivity contribution in [1.82, 2.24) is 5.32 Å². The molecule has 3 amide bonds. The smallest absolute Gasteiger partial charge is 0.313 e. The maximum atomic E-state index is 11.8. The van der Waals surface area contributed by atoms with Gasteiger partial charge in [0.2, 0.25) is 0 Å². The van der Waals surface area contributed by atoms with Gasteiger partial charge in [-0.05, 0) is 42.8 Å². The Hall–Kier alpha value is -3.13. The Bertz CT molecular complexity index is 721. The van der Waals surface area contributed by atoms with Gasteiger partial charge in [-0.25, -0.2) is 0 Å². The molecule has 2 aromatic rings. The number of rotatable bonds is 6. The molecule has 0 aliphatic rings. The average Bonchev–Trinajstić information content (AvgIpc) is 3.15. The van der Waals surface area contributed by atoms with Gasteiger partial charge in [0.15, 0.2) is 5.76 Å². The normalized spacial score (nSPS) is 11.4. The molecule has 25 heavy (non-hydrogen) atoms. The molecule has 0 unspecified atom stereocenters. The lowest BCUT2D eigenvalue weighted by Gasteiger charge is -2.13. The second kappa shape index (κ2) is 8.65. The number of aliphatic hydroxyl groups excluding tert-OH is 1. The van der Waals surface area contributed by atoms with E-state index in [1.54, 1.807) is 43.3 Å². The van der Waals surface area contributed by atoms with Gasteiger partial charge in [0, 0.05) is 11.4 Å². The van der Waals surface area contributed by atoms with E-state index in [0.717, 1.165) is 0 Å². The number of anilines is 2. The van der Waals surface area contributed by atoms with E-state index < -0.39 is 23.8 Å². The summed E-state index contributed by atoms with van der Waals surface area (Å²) >= 11 is 0. The first-order valence-corrected chi connectivity index (χ1v) is 7.71. The maximum Gasteiger partial charge on any atom is 0.313 e. The van der Waals surface area contributed by atoms with Gasteiger partial charge in [0.05, 0.1) is 18.9 Å². The van der Waals surface area contributed by atoms with Crippen molar-refractivity contribution in [3.8, 4) is 0 Å². The fourth-order valence-electron chi connectivity index (χ4n) is 1.95. The number of furan rings is 1. The summed E-state index contributed by atoms with van der Waals surface area (Å²) in [6.07, 6.45) is 1.91. The zero-order valence-electron chi connectivity index (χ0n) is 13.6. The molecule has 2 rings (SSSR count). The van der Waals surface area contributed by atoms with Gasteiger partial charge in [-0.2, -0.15) is 0 Å². The van der Waals surface area contributed by atoms with Gasteiger partial charge >= 0.3 is 11.8 Å². The zero-order chi connectivity index (χ0) is 18.2. The van der Waals surface area contributed by atoms with Crippen molar-refractivity contribution < 1.29 is 23.9 Å². The van der Waals surface area contributed by atoms with Crippen LogP contribution < -0.4 is 16.0 Å². The number of hydrogen-bond acceptors (Lipinski definition) is 5. The van der Waals surface area contributed by atoms with E-state index in [1.807, 2.05) is 0 Å². The van der Waals surface area contributed by atoms with Gasteiger partial charge in [0.25, 0.3) is 5.91 Å². The lowest BCUT2D eigenvalue weighted by atomic mass is 10.2. The lowest BCUT2D eigenvalue weighted by Crippen LogP contribution is -2.43. The summed E-state index contributed by atoms with van der Waals surface area (Å²) in [5, 5.41) is 16.5. The molecule has 132 valence electrons. The Morgan fingerprint density at radius 1 is 1.04 bits per heavy atom. The van der Waals surface area contributed by atoms with Crippen LogP contribution in [0.4, 0.5) is 11.4 Å². The Balaban J connectivity index is 1.90. The number of hydrogen-bond donors (Lipinski definition) is 4. The van der Waals surface area contributed by atoms with Crippen molar-refractivity contribution in [2.45, 2.75) is 19.4 Å². The van der Waals surface area contributed by atoms with Crippen molar-refractivity contribution in [1.29, 1.82) is 0 Å². The molecule has 0 aliphatic heterocycles. The maximum absolute atomic E-state index is 11.8. The van der Waals surface area contributed by atoms with Gasteiger partial charge in [-0.15, -0.1) is 0 Å². The molecule has 1 aromatic carbocycles. The van der Waals surface area contributed by atoms with Crippen LogP contribution in [0.25, 0.3) is 0 Å². The minimum atomic E-state index is -0.834. The molecule has 8 nitrogen and oxygen atoms in total. The standard InChI is InChI=1S/C17H19N3O5/c1-2-11(10-21)18-16(23)17(24)20-13-7-5-12(6-8-13)19-15(22)14-4-3-9-25-14/h3-9,11,21H,2,10H2,1H3,(H,18,23)(H,19,22)(H,20,24)/t11-/m0/s1. The SMILES string of the molecule is CC[C@@H](CO)NC(=O)C(=O)Nc1ccc(NC(=O)c2ccco2)cc1. The number of nitrogens with one attached hydrogen (secondary N) is 3. The Morgan fingerprint density at radius 3 is 2.20 bits per heavy atom. The summed E-state index contributed by atoms with van der Waals surface area (Å²) in [5.74, 6) is -1.87. The third-order valence-electron chi connectivity index (χ3n) is 3.40. The second-order valence-electron chi connectivity index (χ2n) is 5.22. The molecule has 0 saturated carbocycles. The number of benzene rings is 1. The van der Waals surface area contributed by atoms with Crippen LogP contribution in [-0.2, 0) is 9.59 Å². The number of carbonyl (C=O) groups is 3. The quantitative estimate of drug-likeness (QED) is 0.589. The molecular formula is C17H19N3O5. The van der Waals surface area contributed by atoms with E-state index in [1.165, 1.54) is 6.26 Å². The minimum absolute atomic E-state index is 0.184. The first kappa shape index (κ1) is 18.2. The Morgan fingerprint density at radius 2 is 1.68 bits per heavy atom. The summed E-state index contributed by atoms with van der Waals surface area (Å²) in [5.41, 5.74) is 0.906. The largest absolute Gasteiger partial charge is 0.459 e. The first-order valence-electron chi connectivity index (χ1n) is 7.71. The minimum Gasteiger partial charge on any atom is -0.459 e. The van der Waals surface area contributed by atoms with Crippen molar-refractivity contribution in [3.63, 3.8) is 0 Å². The van der Waals surface area contributed by atoms with Crippen LogP contribution in [0.3, 0.4) is 0 Å². The molecule has 0 bridgehead atoms. The van der Waals surface area contributed by atoms with Gasteiger partial charge < -0.3 is 25.5 Å². The van der Waals surface area contributed by atoms with Crippen LogP contribution in [0, 0.1) is 0 Å². The summed E-state index contributed by atoms with van der Waals surface area (Å²) in [7, 11) is 0. The Labute approximate surface area is 144 Å². The van der Waals surface area contributed by atoms with Crippen LogP contribution in [0.15, 0.2) is 47.1 Å². The van der Waals surface area contributed by atoms with E-state index in [4.69, 9.17) is 9.52 Å². The molecule has 1 atom stereocenters. The molecule has 8 heteroatoms. The molecule has 0 spiro atoms. The predicted octanol–water partition coefficient (Wildman–Crippen LogP) is 1.36. The monoisotopic (exact) mass is 345 g/mol. The Kier molecular flexibility index (Phi) is 6.30. The molecule has 0 fully saturated rings. The zero-order valence-corrected chi connectivity index (χ0v) is 13.6. The third kappa shape index (κ3) is 5.18. The van der Waals surface area contributed by atoms with E-state index >= 15 is 0 Å². The van der Waals surface area contributed by atoms with Crippen LogP contribution >= 0.6 is 0 Å². The van der Waals surface area contributed by atoms with Crippen LogP contribution in [0.2, 0.25) is 0 Å². The molecule has 4 N–H and O–H groups in total. The average molecular weight is 345 g/mol. The highest BCUT2D eigenvalue weighted by molar-refractivity contribution is 6.39. The second-order valence-corrected chi connectivity index (χ2v) is 5.22. The van der Waals surface area contributed by atoms with E-state index in [-0.39, 0.29) is 12.4 Å². The molecule has 0 radical (unpaired) electrons. The van der Waals surface area contributed by atoms with Crippen molar-refractivity contribution in [2.24, 2.45) is 0 Å². The van der Waals surface area contributed by atoms with E-state index in [0.29, 0.717) is 17.8 Å². The fourth-order valence-corrected chi connectivity index (χ4v) is 1.95. The summed E-state index contributed by atoms with van der Waals surface area (Å²) < 4.78 is 4.99. The molecule has 1 aromatic heterocycles. The molecule has 0 saturated heterocycles. The van der Waals surface area contributed by atoms with Gasteiger partial charge in [-0.1, -0.05) is 6.92 Å². The summed E-state index contributed by atoms with van der Waals surface area (Å²) in [4.78, 5) is 35.4. The van der Waals surface area contributed by atoms with Crippen molar-refractivity contribution in [3.05, 3.63) is 48.4 Å². The molecule has 1 heterocycles. The van der Waals surface area contributed by atoms with E-state index in [9.17, 15) is 14.4 Å². The summed E-state index contributed by atoms with van der Waals surface area (Å²) in [6.45, 7) is 1.55. The highest BCUT2D eigenvalue weighted by atomic mass is 16.3. The van der Waals surface area contributed by atoms with Gasteiger partial charge in [0.1, 0.15) is 0 Å². The van der Waals surface area contributed by atoms with Gasteiger partial charge in [-0.3, -0.25) is 14.4 Å². The first-order chi connectivity index (χ1) is 12.0. The topological polar surface area (TPSA) is 121 Å². The van der Waals surface area contributed by atoms with Crippen molar-refractivity contribution in [2.75, 3.05) is 17.2 Å². The van der Waals surface area contributed by atoms with Crippen molar-refractivity contribution >= 4 is 29.1 Å². The number of aliphatic hydroxyl groups is 1. The highest BCUT2D eigenvalue weighted by Crippen LogP contribution is 2.15. The molecular weight excluding hydrogens is 326 g/mol. The number of amides is 3. The lowest BCUT2D eigenvalue weighted by molar-refractivity contribution is -0.136. The van der Waals surface area contributed by atoms with Crippen LogP contribution in [0.5, 0.6) is 0 Å². The fraction of sp³-hybridized carbons (Fsp3) is 0.235. The summed E-state index contributed by atoms with van der Waals surface area (Å²) in [6, 6.07) is 8.95. The predicted molar refractivity (Wildman–Crippen MR) is 91.0 cm³/mol. The highest BCUT2D eigenvalue weighted by Gasteiger charge is 2.17.